The molecule has 20 heavy (non-hydrogen) atoms. The minimum Gasteiger partial charge on any atom is -0.377 e. The van der Waals surface area contributed by atoms with Crippen LogP contribution >= 0.6 is 0 Å². The highest BCUT2D eigenvalue weighted by atomic mass is 16.5. The molecule has 0 fully saturated rings. The topological polar surface area (TPSA) is 34.2 Å². The van der Waals surface area contributed by atoms with Crippen molar-refractivity contribution in [3.8, 4) is 0 Å². The van der Waals surface area contributed by atoms with Crippen LogP contribution in [-0.2, 0) is 4.74 Å². The zero-order chi connectivity index (χ0) is 14.5. The first kappa shape index (κ1) is 14.9. The fourth-order valence-corrected chi connectivity index (χ4v) is 2.57. The third-order valence-electron chi connectivity index (χ3n) is 3.53. The number of pyridine rings is 1. The first-order valence-electron chi connectivity index (χ1n) is 7.38. The third kappa shape index (κ3) is 3.35. The molecule has 108 valence electrons. The zero-order valence-electron chi connectivity index (χ0n) is 12.8. The van der Waals surface area contributed by atoms with E-state index in [9.17, 15) is 0 Å². The lowest BCUT2D eigenvalue weighted by Crippen LogP contribution is -2.32. The van der Waals surface area contributed by atoms with E-state index in [4.69, 9.17) is 4.74 Å². The van der Waals surface area contributed by atoms with Crippen molar-refractivity contribution in [1.82, 2.24) is 10.3 Å². The van der Waals surface area contributed by atoms with Crippen molar-refractivity contribution in [2.75, 3.05) is 13.2 Å². The van der Waals surface area contributed by atoms with Gasteiger partial charge in [0.15, 0.2) is 0 Å². The van der Waals surface area contributed by atoms with Gasteiger partial charge in [0.2, 0.25) is 0 Å². The van der Waals surface area contributed by atoms with Crippen molar-refractivity contribution in [1.29, 1.82) is 0 Å². The van der Waals surface area contributed by atoms with Crippen LogP contribution in [0.15, 0.2) is 30.3 Å². The molecule has 0 saturated carbocycles. The van der Waals surface area contributed by atoms with Gasteiger partial charge >= 0.3 is 0 Å². The Labute approximate surface area is 121 Å². The molecule has 2 unspecified atom stereocenters. The molecule has 2 aromatic rings. The van der Waals surface area contributed by atoms with Gasteiger partial charge in [-0.05, 0) is 51.1 Å². The number of ether oxygens (including phenoxy) is 1. The highest BCUT2D eigenvalue weighted by molar-refractivity contribution is 5.79. The maximum atomic E-state index is 5.76. The van der Waals surface area contributed by atoms with Gasteiger partial charge in [-0.3, -0.25) is 4.98 Å². The van der Waals surface area contributed by atoms with Gasteiger partial charge in [0.25, 0.3) is 0 Å². The molecule has 3 heteroatoms. The Hall–Kier alpha value is -1.45. The number of rotatable bonds is 6. The minimum absolute atomic E-state index is 0.149. The van der Waals surface area contributed by atoms with Crippen LogP contribution in [0.1, 0.15) is 38.1 Å². The summed E-state index contributed by atoms with van der Waals surface area (Å²) in [5.41, 5.74) is 3.36. The molecule has 0 amide bonds. The van der Waals surface area contributed by atoms with E-state index in [1.54, 1.807) is 0 Å². The monoisotopic (exact) mass is 272 g/mol. The van der Waals surface area contributed by atoms with Crippen molar-refractivity contribution in [2.45, 2.75) is 39.8 Å². The summed E-state index contributed by atoms with van der Waals surface area (Å²) in [4.78, 5) is 4.55. The number of hydrogen-bond donors (Lipinski definition) is 1. The van der Waals surface area contributed by atoms with Crippen molar-refractivity contribution in [3.63, 3.8) is 0 Å². The fraction of sp³-hybridized carbons (Fsp3) is 0.471. The van der Waals surface area contributed by atoms with Gasteiger partial charge in [-0.2, -0.15) is 0 Å². The van der Waals surface area contributed by atoms with E-state index in [1.165, 1.54) is 10.9 Å². The van der Waals surface area contributed by atoms with Crippen LogP contribution in [-0.4, -0.2) is 24.2 Å². The molecule has 2 rings (SSSR count). The maximum absolute atomic E-state index is 5.76. The largest absolute Gasteiger partial charge is 0.377 e. The number of fused-ring (bicyclic) bond motifs is 1. The Balaban J connectivity index is 2.35. The summed E-state index contributed by atoms with van der Waals surface area (Å²) < 4.78 is 5.76. The van der Waals surface area contributed by atoms with E-state index in [0.29, 0.717) is 0 Å². The van der Waals surface area contributed by atoms with Crippen molar-refractivity contribution < 1.29 is 4.74 Å². The molecule has 0 aliphatic carbocycles. The molecule has 0 saturated heterocycles. The first-order valence-corrected chi connectivity index (χ1v) is 7.38. The Morgan fingerprint density at radius 3 is 2.70 bits per heavy atom. The summed E-state index contributed by atoms with van der Waals surface area (Å²) in [5.74, 6) is 0. The van der Waals surface area contributed by atoms with Crippen LogP contribution < -0.4 is 5.32 Å². The highest BCUT2D eigenvalue weighted by Gasteiger charge is 2.18. The number of hydrogen-bond acceptors (Lipinski definition) is 3. The highest BCUT2D eigenvalue weighted by Crippen LogP contribution is 2.23. The van der Waals surface area contributed by atoms with E-state index >= 15 is 0 Å². The third-order valence-corrected chi connectivity index (χ3v) is 3.53. The molecule has 2 atom stereocenters. The van der Waals surface area contributed by atoms with Gasteiger partial charge in [-0.1, -0.05) is 19.1 Å². The molecule has 1 aromatic heterocycles. The van der Waals surface area contributed by atoms with Gasteiger partial charge in [-0.25, -0.2) is 0 Å². The number of benzene rings is 1. The van der Waals surface area contributed by atoms with Gasteiger partial charge in [0.1, 0.15) is 0 Å². The number of aromatic nitrogens is 1. The van der Waals surface area contributed by atoms with Crippen LogP contribution in [0.4, 0.5) is 0 Å². The lowest BCUT2D eigenvalue weighted by Gasteiger charge is -2.25. The normalized spacial score (nSPS) is 14.4. The Bertz CT molecular complexity index is 568. The van der Waals surface area contributed by atoms with Crippen LogP contribution in [0.3, 0.4) is 0 Å². The number of nitrogens with zero attached hydrogens (tertiary/aromatic N) is 1. The second-order valence-electron chi connectivity index (χ2n) is 5.10. The second-order valence-corrected chi connectivity index (χ2v) is 5.10. The smallest absolute Gasteiger partial charge is 0.0741 e. The summed E-state index contributed by atoms with van der Waals surface area (Å²) in [6.45, 7) is 9.95. The summed E-state index contributed by atoms with van der Waals surface area (Å²) >= 11 is 0. The van der Waals surface area contributed by atoms with Crippen molar-refractivity contribution in [2.24, 2.45) is 0 Å². The molecule has 0 radical (unpaired) electrons. The summed E-state index contributed by atoms with van der Waals surface area (Å²) in [6, 6.07) is 10.9. The van der Waals surface area contributed by atoms with Crippen molar-refractivity contribution in [3.05, 3.63) is 41.6 Å². The van der Waals surface area contributed by atoms with E-state index in [-0.39, 0.29) is 12.1 Å². The molecular weight excluding hydrogens is 248 g/mol. The molecule has 0 spiro atoms. The number of aryl methyl sites for hydroxylation is 1. The molecule has 0 aliphatic rings. The summed E-state index contributed by atoms with van der Waals surface area (Å²) in [6.07, 6.45) is 0.149. The molecule has 3 nitrogen and oxygen atoms in total. The SMILES string of the molecule is CCNC(c1ccc2nc(C)ccc2c1)C(C)OCC. The predicted octanol–water partition coefficient (Wildman–Crippen LogP) is 3.62. The summed E-state index contributed by atoms with van der Waals surface area (Å²) in [7, 11) is 0. The molecule has 1 aromatic carbocycles. The van der Waals surface area contributed by atoms with Crippen LogP contribution in [0.25, 0.3) is 10.9 Å². The fourth-order valence-electron chi connectivity index (χ4n) is 2.57. The Kier molecular flexibility index (Phi) is 5.10. The average Bonchev–Trinajstić information content (AvgIpc) is 2.44. The lowest BCUT2D eigenvalue weighted by molar-refractivity contribution is 0.0477. The quantitative estimate of drug-likeness (QED) is 0.872. The molecule has 1 heterocycles. The van der Waals surface area contributed by atoms with Crippen LogP contribution in [0, 0.1) is 6.92 Å². The average molecular weight is 272 g/mol. The van der Waals surface area contributed by atoms with Gasteiger partial charge in [-0.15, -0.1) is 0 Å². The van der Waals surface area contributed by atoms with E-state index in [2.05, 4.69) is 54.5 Å². The molecule has 1 N–H and O–H groups in total. The van der Waals surface area contributed by atoms with E-state index in [0.717, 1.165) is 24.4 Å². The van der Waals surface area contributed by atoms with Crippen molar-refractivity contribution >= 4 is 10.9 Å². The van der Waals surface area contributed by atoms with E-state index in [1.807, 2.05) is 13.8 Å². The van der Waals surface area contributed by atoms with Crippen LogP contribution in [0.5, 0.6) is 0 Å². The minimum atomic E-state index is 0.149. The summed E-state index contributed by atoms with van der Waals surface area (Å²) in [5, 5.41) is 4.69. The van der Waals surface area contributed by atoms with Gasteiger partial charge in [0.05, 0.1) is 17.7 Å². The first-order chi connectivity index (χ1) is 9.65. The lowest BCUT2D eigenvalue weighted by atomic mass is 10.00. The Morgan fingerprint density at radius 2 is 2.00 bits per heavy atom. The van der Waals surface area contributed by atoms with Gasteiger partial charge in [0, 0.05) is 17.7 Å². The van der Waals surface area contributed by atoms with E-state index < -0.39 is 0 Å². The standard InChI is InChI=1S/C17H24N2O/c1-5-18-17(13(4)20-6-2)15-9-10-16-14(11-15)8-7-12(3)19-16/h7-11,13,17-18H,5-6H2,1-4H3. The van der Waals surface area contributed by atoms with Gasteiger partial charge < -0.3 is 10.1 Å². The maximum Gasteiger partial charge on any atom is 0.0741 e. The number of likely N-dealkylation sites (N-methyl/N-ethyl adjacent to an activating group) is 1. The van der Waals surface area contributed by atoms with Crippen LogP contribution in [0.2, 0.25) is 0 Å². The Morgan fingerprint density at radius 1 is 1.20 bits per heavy atom. The number of nitrogens with one attached hydrogen (secondary N) is 1. The molecule has 0 aliphatic heterocycles. The molecular formula is C17H24N2O. The predicted molar refractivity (Wildman–Crippen MR) is 84.0 cm³/mol. The second kappa shape index (κ2) is 6.82. The zero-order valence-corrected chi connectivity index (χ0v) is 12.8. The molecule has 0 bridgehead atoms.